The minimum Gasteiger partial charge on any atom is -0.463 e. The third-order valence-corrected chi connectivity index (χ3v) is 4.61. The predicted octanol–water partition coefficient (Wildman–Crippen LogP) is 2.96. The molecule has 0 aliphatic carbocycles. The molecule has 0 saturated heterocycles. The number of nitrogens with zero attached hydrogens (tertiary/aromatic N) is 1. The quantitative estimate of drug-likeness (QED) is 0.780. The molecular formula is C16H13FN2O3S. The van der Waals surface area contributed by atoms with E-state index in [0.29, 0.717) is 11.5 Å². The number of rotatable bonds is 5. The van der Waals surface area contributed by atoms with Crippen molar-refractivity contribution < 1.29 is 17.2 Å². The van der Waals surface area contributed by atoms with Gasteiger partial charge in [-0.25, -0.2) is 17.5 Å². The van der Waals surface area contributed by atoms with Crippen LogP contribution in [-0.2, 0) is 16.6 Å². The Bertz CT molecular complexity index is 891. The fraction of sp³-hybridized carbons (Fsp3) is 0.0625. The fourth-order valence-corrected chi connectivity index (χ4v) is 3.04. The number of pyridine rings is 1. The summed E-state index contributed by atoms with van der Waals surface area (Å²) >= 11 is 0. The molecule has 0 fully saturated rings. The molecule has 3 aromatic rings. The van der Waals surface area contributed by atoms with Gasteiger partial charge in [0.2, 0.25) is 10.0 Å². The molecule has 23 heavy (non-hydrogen) atoms. The van der Waals surface area contributed by atoms with Gasteiger partial charge >= 0.3 is 0 Å². The monoisotopic (exact) mass is 332 g/mol. The van der Waals surface area contributed by atoms with Gasteiger partial charge in [0.1, 0.15) is 11.5 Å². The van der Waals surface area contributed by atoms with Crippen LogP contribution in [0.1, 0.15) is 5.56 Å². The van der Waals surface area contributed by atoms with Crippen molar-refractivity contribution in [3.8, 4) is 11.5 Å². The number of sulfonamides is 1. The van der Waals surface area contributed by atoms with Gasteiger partial charge in [0, 0.05) is 12.7 Å². The minimum atomic E-state index is -3.70. The van der Waals surface area contributed by atoms with Crippen LogP contribution in [0.3, 0.4) is 0 Å². The summed E-state index contributed by atoms with van der Waals surface area (Å²) in [6.45, 7) is 0.0932. The molecule has 1 aromatic carbocycles. The Morgan fingerprint density at radius 3 is 2.61 bits per heavy atom. The summed E-state index contributed by atoms with van der Waals surface area (Å²) in [5.74, 6) is 0.120. The van der Waals surface area contributed by atoms with E-state index in [4.69, 9.17) is 4.42 Å². The summed E-state index contributed by atoms with van der Waals surface area (Å²) in [4.78, 5) is 4.19. The van der Waals surface area contributed by atoms with E-state index in [1.165, 1.54) is 12.1 Å². The second-order valence-electron chi connectivity index (χ2n) is 4.81. The van der Waals surface area contributed by atoms with Crippen LogP contribution in [0.15, 0.2) is 70.3 Å². The molecule has 0 saturated carbocycles. The molecule has 7 heteroatoms. The first-order chi connectivity index (χ1) is 11.0. The molecule has 0 aliphatic heterocycles. The normalized spacial score (nSPS) is 11.5. The highest BCUT2D eigenvalue weighted by molar-refractivity contribution is 7.89. The first-order valence-corrected chi connectivity index (χ1v) is 8.27. The topological polar surface area (TPSA) is 72.2 Å². The van der Waals surface area contributed by atoms with Gasteiger partial charge in [-0.3, -0.25) is 4.98 Å². The molecular weight excluding hydrogens is 319 g/mol. The Morgan fingerprint density at radius 2 is 1.91 bits per heavy atom. The van der Waals surface area contributed by atoms with E-state index in [9.17, 15) is 12.8 Å². The van der Waals surface area contributed by atoms with Gasteiger partial charge in [0.05, 0.1) is 11.2 Å². The molecule has 0 bridgehead atoms. The number of hydrogen-bond donors (Lipinski definition) is 1. The summed E-state index contributed by atoms with van der Waals surface area (Å²) in [7, 11) is -3.70. The average molecular weight is 332 g/mol. The standard InChI is InChI=1S/C16H13FN2O3S/c17-13-3-5-14(6-4-13)23(20,21)19-11-12-7-8-18-15(10-12)16-2-1-9-22-16/h1-10,19H,11H2. The van der Waals surface area contributed by atoms with Crippen molar-refractivity contribution in [2.45, 2.75) is 11.4 Å². The average Bonchev–Trinajstić information content (AvgIpc) is 3.08. The van der Waals surface area contributed by atoms with Crippen molar-refractivity contribution in [2.24, 2.45) is 0 Å². The van der Waals surface area contributed by atoms with Gasteiger partial charge in [-0.15, -0.1) is 0 Å². The second kappa shape index (κ2) is 6.31. The summed E-state index contributed by atoms with van der Waals surface area (Å²) in [5, 5.41) is 0. The lowest BCUT2D eigenvalue weighted by Gasteiger charge is -2.07. The zero-order valence-electron chi connectivity index (χ0n) is 11.9. The highest BCUT2D eigenvalue weighted by Crippen LogP contribution is 2.18. The molecule has 5 nitrogen and oxygen atoms in total. The number of benzene rings is 1. The van der Waals surface area contributed by atoms with Crippen LogP contribution in [0.2, 0.25) is 0 Å². The maximum absolute atomic E-state index is 12.9. The molecule has 0 aliphatic rings. The first-order valence-electron chi connectivity index (χ1n) is 6.79. The molecule has 0 radical (unpaired) electrons. The van der Waals surface area contributed by atoms with Crippen molar-refractivity contribution in [3.63, 3.8) is 0 Å². The van der Waals surface area contributed by atoms with E-state index >= 15 is 0 Å². The molecule has 0 unspecified atom stereocenters. The Morgan fingerprint density at radius 1 is 1.13 bits per heavy atom. The van der Waals surface area contributed by atoms with Crippen molar-refractivity contribution in [1.82, 2.24) is 9.71 Å². The lowest BCUT2D eigenvalue weighted by atomic mass is 10.2. The van der Waals surface area contributed by atoms with Crippen molar-refractivity contribution in [1.29, 1.82) is 0 Å². The van der Waals surface area contributed by atoms with Crippen LogP contribution < -0.4 is 4.72 Å². The zero-order valence-corrected chi connectivity index (χ0v) is 12.8. The van der Waals surface area contributed by atoms with Gasteiger partial charge in [0.15, 0.2) is 5.76 Å². The number of halogens is 1. The molecule has 118 valence electrons. The third-order valence-electron chi connectivity index (χ3n) is 3.19. The summed E-state index contributed by atoms with van der Waals surface area (Å²) < 4.78 is 44.9. The van der Waals surface area contributed by atoms with Crippen LogP contribution in [-0.4, -0.2) is 13.4 Å². The lowest BCUT2D eigenvalue weighted by Crippen LogP contribution is -2.23. The van der Waals surface area contributed by atoms with E-state index in [0.717, 1.165) is 17.7 Å². The molecule has 3 rings (SSSR count). The summed E-state index contributed by atoms with van der Waals surface area (Å²) in [6.07, 6.45) is 3.13. The Balaban J connectivity index is 1.75. The van der Waals surface area contributed by atoms with Crippen molar-refractivity contribution in [3.05, 3.63) is 72.4 Å². The van der Waals surface area contributed by atoms with E-state index < -0.39 is 15.8 Å². The molecule has 1 N–H and O–H groups in total. The van der Waals surface area contributed by atoms with Crippen molar-refractivity contribution in [2.75, 3.05) is 0 Å². The molecule has 0 spiro atoms. The van der Waals surface area contributed by atoms with Gasteiger partial charge in [-0.2, -0.15) is 0 Å². The molecule has 2 aromatic heterocycles. The van der Waals surface area contributed by atoms with Gasteiger partial charge in [-0.1, -0.05) is 0 Å². The van der Waals surface area contributed by atoms with E-state index in [1.54, 1.807) is 36.7 Å². The largest absolute Gasteiger partial charge is 0.463 e. The summed E-state index contributed by atoms with van der Waals surface area (Å²) in [6, 6.07) is 11.6. The van der Waals surface area contributed by atoms with Gasteiger partial charge in [-0.05, 0) is 54.1 Å². The summed E-state index contributed by atoms with van der Waals surface area (Å²) in [5.41, 5.74) is 1.35. The van der Waals surface area contributed by atoms with Gasteiger partial charge in [0.25, 0.3) is 0 Å². The first kappa shape index (κ1) is 15.4. The Kier molecular flexibility index (Phi) is 4.22. The number of furan rings is 1. The van der Waals surface area contributed by atoms with E-state index in [-0.39, 0.29) is 11.4 Å². The highest BCUT2D eigenvalue weighted by atomic mass is 32.2. The maximum atomic E-state index is 12.9. The zero-order chi connectivity index (χ0) is 16.3. The predicted molar refractivity (Wildman–Crippen MR) is 82.4 cm³/mol. The number of nitrogens with one attached hydrogen (secondary N) is 1. The Labute approximate surface area is 132 Å². The maximum Gasteiger partial charge on any atom is 0.240 e. The van der Waals surface area contributed by atoms with Crippen LogP contribution in [0.25, 0.3) is 11.5 Å². The fourth-order valence-electron chi connectivity index (χ4n) is 2.02. The smallest absolute Gasteiger partial charge is 0.240 e. The number of aromatic nitrogens is 1. The second-order valence-corrected chi connectivity index (χ2v) is 6.57. The van der Waals surface area contributed by atoms with Crippen LogP contribution >= 0.6 is 0 Å². The molecule has 0 amide bonds. The van der Waals surface area contributed by atoms with Crippen LogP contribution in [0.5, 0.6) is 0 Å². The Hall–Kier alpha value is -2.51. The van der Waals surface area contributed by atoms with Crippen LogP contribution in [0.4, 0.5) is 4.39 Å². The van der Waals surface area contributed by atoms with E-state index in [2.05, 4.69) is 9.71 Å². The number of hydrogen-bond acceptors (Lipinski definition) is 4. The van der Waals surface area contributed by atoms with Crippen molar-refractivity contribution >= 4 is 10.0 Å². The van der Waals surface area contributed by atoms with Crippen LogP contribution in [0, 0.1) is 5.82 Å². The van der Waals surface area contributed by atoms with Gasteiger partial charge < -0.3 is 4.42 Å². The minimum absolute atomic E-state index is 0.0132. The highest BCUT2D eigenvalue weighted by Gasteiger charge is 2.14. The lowest BCUT2D eigenvalue weighted by molar-refractivity contribution is 0.579. The SMILES string of the molecule is O=S(=O)(NCc1ccnc(-c2ccco2)c1)c1ccc(F)cc1. The van der Waals surface area contributed by atoms with E-state index in [1.807, 2.05) is 0 Å². The molecule has 0 atom stereocenters. The molecule has 2 heterocycles. The third kappa shape index (κ3) is 3.64.